The summed E-state index contributed by atoms with van der Waals surface area (Å²) in [7, 11) is 0. The zero-order valence-electron chi connectivity index (χ0n) is 8.45. The van der Waals surface area contributed by atoms with E-state index in [4.69, 9.17) is 4.74 Å². The van der Waals surface area contributed by atoms with Gasteiger partial charge in [0, 0.05) is 13.1 Å². The molecule has 0 aliphatic carbocycles. The van der Waals surface area contributed by atoms with Crippen molar-refractivity contribution >= 4 is 6.09 Å². The van der Waals surface area contributed by atoms with Crippen LogP contribution in [0.15, 0.2) is 0 Å². The minimum atomic E-state index is -0.179. The number of piperidine rings is 1. The fraction of sp³-hybridized carbons (Fsp3) is 0.800. The molecule has 0 aromatic carbocycles. The van der Waals surface area contributed by atoms with Crippen LogP contribution in [0.5, 0.6) is 0 Å². The van der Waals surface area contributed by atoms with Crippen LogP contribution in [0.4, 0.5) is 4.79 Å². The Bertz CT molecular complexity index is 172. The van der Waals surface area contributed by atoms with Gasteiger partial charge in [-0.1, -0.05) is 6.92 Å². The number of nitrogens with zero attached hydrogens (tertiary/aromatic N) is 1. The Balaban J connectivity index is 2.31. The van der Waals surface area contributed by atoms with E-state index in [1.807, 2.05) is 13.8 Å². The van der Waals surface area contributed by atoms with Crippen molar-refractivity contribution in [3.8, 4) is 0 Å². The Morgan fingerprint density at radius 2 is 2.00 bits per heavy atom. The number of rotatable bonds is 1. The molecule has 0 aromatic heterocycles. The average molecular weight is 184 g/mol. The molecular weight excluding hydrogens is 166 g/mol. The van der Waals surface area contributed by atoms with Crippen LogP contribution in [-0.2, 0) is 4.74 Å². The molecular formula is C10H18NO2. The lowest BCUT2D eigenvalue weighted by Gasteiger charge is -2.29. The van der Waals surface area contributed by atoms with E-state index in [1.54, 1.807) is 4.90 Å². The highest BCUT2D eigenvalue weighted by atomic mass is 16.6. The van der Waals surface area contributed by atoms with Gasteiger partial charge in [0.25, 0.3) is 0 Å². The first kappa shape index (κ1) is 10.4. The van der Waals surface area contributed by atoms with E-state index in [-0.39, 0.29) is 12.2 Å². The summed E-state index contributed by atoms with van der Waals surface area (Å²) in [6.45, 7) is 9.29. The lowest BCUT2D eigenvalue weighted by atomic mass is 10.00. The van der Waals surface area contributed by atoms with E-state index < -0.39 is 0 Å². The topological polar surface area (TPSA) is 29.5 Å². The van der Waals surface area contributed by atoms with E-state index in [0.717, 1.165) is 25.9 Å². The van der Waals surface area contributed by atoms with E-state index in [1.165, 1.54) is 0 Å². The monoisotopic (exact) mass is 184 g/mol. The summed E-state index contributed by atoms with van der Waals surface area (Å²) < 4.78 is 5.09. The number of hydrogen-bond acceptors (Lipinski definition) is 2. The predicted molar refractivity (Wildman–Crippen MR) is 51.3 cm³/mol. The number of amides is 1. The number of likely N-dealkylation sites (tertiary alicyclic amines) is 1. The van der Waals surface area contributed by atoms with E-state index >= 15 is 0 Å². The largest absolute Gasteiger partial charge is 0.447 e. The van der Waals surface area contributed by atoms with Gasteiger partial charge in [0.15, 0.2) is 0 Å². The molecule has 1 rings (SSSR count). The fourth-order valence-electron chi connectivity index (χ4n) is 1.39. The van der Waals surface area contributed by atoms with Crippen LogP contribution in [0, 0.1) is 12.8 Å². The van der Waals surface area contributed by atoms with Crippen LogP contribution in [-0.4, -0.2) is 30.2 Å². The molecule has 0 unspecified atom stereocenters. The molecule has 0 aromatic rings. The Hall–Kier alpha value is -0.730. The van der Waals surface area contributed by atoms with Gasteiger partial charge >= 0.3 is 6.09 Å². The van der Waals surface area contributed by atoms with Gasteiger partial charge < -0.3 is 9.64 Å². The first-order valence-corrected chi connectivity index (χ1v) is 4.88. The fourth-order valence-corrected chi connectivity index (χ4v) is 1.39. The van der Waals surface area contributed by atoms with Crippen molar-refractivity contribution < 1.29 is 9.53 Å². The molecule has 1 heterocycles. The van der Waals surface area contributed by atoms with Gasteiger partial charge in [0.2, 0.25) is 0 Å². The second kappa shape index (κ2) is 4.49. The van der Waals surface area contributed by atoms with Crippen molar-refractivity contribution in [3.63, 3.8) is 0 Å². The molecule has 0 bridgehead atoms. The SMILES string of the molecule is [CH2]C1CCN(C(=O)OC(C)C)CC1. The molecule has 3 nitrogen and oxygen atoms in total. The van der Waals surface area contributed by atoms with Gasteiger partial charge in [0.05, 0.1) is 6.10 Å². The van der Waals surface area contributed by atoms with Crippen LogP contribution < -0.4 is 0 Å². The third-order valence-electron chi connectivity index (χ3n) is 2.21. The highest BCUT2D eigenvalue weighted by Gasteiger charge is 2.21. The van der Waals surface area contributed by atoms with E-state index in [2.05, 4.69) is 6.92 Å². The van der Waals surface area contributed by atoms with Gasteiger partial charge in [-0.3, -0.25) is 0 Å². The zero-order valence-corrected chi connectivity index (χ0v) is 8.45. The molecule has 0 spiro atoms. The molecule has 1 saturated heterocycles. The molecule has 3 heteroatoms. The second-order valence-corrected chi connectivity index (χ2v) is 3.86. The summed E-state index contributed by atoms with van der Waals surface area (Å²) in [4.78, 5) is 13.2. The van der Waals surface area contributed by atoms with Crippen molar-refractivity contribution in [1.29, 1.82) is 0 Å². The Morgan fingerprint density at radius 1 is 1.46 bits per heavy atom. The van der Waals surface area contributed by atoms with Crippen LogP contribution in [0.3, 0.4) is 0 Å². The van der Waals surface area contributed by atoms with Gasteiger partial charge in [-0.2, -0.15) is 0 Å². The maximum absolute atomic E-state index is 11.4. The molecule has 0 atom stereocenters. The van der Waals surface area contributed by atoms with Crippen LogP contribution in [0.2, 0.25) is 0 Å². The van der Waals surface area contributed by atoms with Crippen molar-refractivity contribution in [1.82, 2.24) is 4.90 Å². The average Bonchev–Trinajstić information content (AvgIpc) is 2.04. The summed E-state index contributed by atoms with van der Waals surface area (Å²) in [5.41, 5.74) is 0. The maximum atomic E-state index is 11.4. The van der Waals surface area contributed by atoms with Gasteiger partial charge in [0.1, 0.15) is 0 Å². The molecule has 1 aliphatic rings. The van der Waals surface area contributed by atoms with Gasteiger partial charge in [-0.25, -0.2) is 4.79 Å². The molecule has 1 amide bonds. The van der Waals surface area contributed by atoms with Crippen LogP contribution in [0.1, 0.15) is 26.7 Å². The minimum absolute atomic E-state index is 0.0232. The van der Waals surface area contributed by atoms with Gasteiger partial charge in [-0.05, 0) is 32.6 Å². The third-order valence-corrected chi connectivity index (χ3v) is 2.21. The normalized spacial score (nSPS) is 19.2. The molecule has 0 N–H and O–H groups in total. The quantitative estimate of drug-likeness (QED) is 0.624. The van der Waals surface area contributed by atoms with E-state index in [9.17, 15) is 4.79 Å². The molecule has 75 valence electrons. The van der Waals surface area contributed by atoms with Crippen LogP contribution in [0.25, 0.3) is 0 Å². The highest BCUT2D eigenvalue weighted by molar-refractivity contribution is 5.67. The first-order valence-electron chi connectivity index (χ1n) is 4.88. The third kappa shape index (κ3) is 3.25. The first-order chi connectivity index (χ1) is 6.09. The van der Waals surface area contributed by atoms with Crippen molar-refractivity contribution in [3.05, 3.63) is 6.92 Å². The molecule has 1 radical (unpaired) electrons. The molecule has 13 heavy (non-hydrogen) atoms. The molecule has 0 saturated carbocycles. The number of carbonyl (C=O) groups is 1. The lowest BCUT2D eigenvalue weighted by molar-refractivity contribution is 0.0678. The summed E-state index contributed by atoms with van der Waals surface area (Å²) in [5.74, 6) is 0.503. The van der Waals surface area contributed by atoms with Crippen molar-refractivity contribution in [2.75, 3.05) is 13.1 Å². The number of carbonyl (C=O) groups excluding carboxylic acids is 1. The minimum Gasteiger partial charge on any atom is -0.447 e. The summed E-state index contributed by atoms with van der Waals surface area (Å²) in [6.07, 6.45) is 1.78. The van der Waals surface area contributed by atoms with Crippen LogP contribution >= 0.6 is 0 Å². The number of ether oxygens (including phenoxy) is 1. The highest BCUT2D eigenvalue weighted by Crippen LogP contribution is 2.16. The van der Waals surface area contributed by atoms with E-state index in [0.29, 0.717) is 5.92 Å². The number of hydrogen-bond donors (Lipinski definition) is 0. The molecule has 1 fully saturated rings. The smallest absolute Gasteiger partial charge is 0.410 e. The Morgan fingerprint density at radius 3 is 2.46 bits per heavy atom. The summed E-state index contributed by atoms with van der Waals surface area (Å²) in [6, 6.07) is 0. The Kier molecular flexibility index (Phi) is 3.58. The molecule has 1 aliphatic heterocycles. The maximum Gasteiger partial charge on any atom is 0.410 e. The van der Waals surface area contributed by atoms with Crippen molar-refractivity contribution in [2.45, 2.75) is 32.8 Å². The van der Waals surface area contributed by atoms with Crippen molar-refractivity contribution in [2.24, 2.45) is 5.92 Å². The second-order valence-electron chi connectivity index (χ2n) is 3.86. The predicted octanol–water partition coefficient (Wildman–Crippen LogP) is 2.08. The standard InChI is InChI=1S/C10H18NO2/c1-8(2)13-10(12)11-6-4-9(3)5-7-11/h8-9H,3-7H2,1-2H3. The summed E-state index contributed by atoms with van der Waals surface area (Å²) in [5, 5.41) is 0. The Labute approximate surface area is 80.1 Å². The van der Waals surface area contributed by atoms with Gasteiger partial charge in [-0.15, -0.1) is 0 Å². The lowest BCUT2D eigenvalue weighted by Crippen LogP contribution is -2.39. The zero-order chi connectivity index (χ0) is 9.84. The summed E-state index contributed by atoms with van der Waals surface area (Å²) >= 11 is 0.